The van der Waals surface area contributed by atoms with Crippen LogP contribution in [-0.4, -0.2) is 37.1 Å². The highest BCUT2D eigenvalue weighted by molar-refractivity contribution is 7.98. The molecule has 3 heterocycles. The van der Waals surface area contributed by atoms with Gasteiger partial charge in [0.25, 0.3) is 0 Å². The van der Waals surface area contributed by atoms with Gasteiger partial charge >= 0.3 is 0 Å². The number of aromatic nitrogens is 5. The Labute approximate surface area is 177 Å². The van der Waals surface area contributed by atoms with Crippen molar-refractivity contribution < 1.29 is 9.32 Å². The topological polar surface area (TPSA) is 113 Å². The fourth-order valence-corrected chi connectivity index (χ4v) is 3.87. The Balaban J connectivity index is 1.86. The molecule has 2 N–H and O–H groups in total. The van der Waals surface area contributed by atoms with E-state index in [0.29, 0.717) is 23.9 Å². The summed E-state index contributed by atoms with van der Waals surface area (Å²) in [6, 6.07) is 8.20. The molecule has 4 aromatic rings. The molecule has 0 aliphatic rings. The number of hydrogen-bond acceptors (Lipinski definition) is 7. The predicted molar refractivity (Wildman–Crippen MR) is 115 cm³/mol. The quantitative estimate of drug-likeness (QED) is 0.475. The number of thioether (sulfide) groups is 1. The van der Waals surface area contributed by atoms with Crippen LogP contribution in [0.2, 0.25) is 0 Å². The van der Waals surface area contributed by atoms with Gasteiger partial charge in [-0.1, -0.05) is 11.2 Å². The zero-order chi connectivity index (χ0) is 21.4. The molecule has 0 saturated heterocycles. The molecule has 0 fully saturated rings. The normalized spacial score (nSPS) is 11.3. The lowest BCUT2D eigenvalue weighted by molar-refractivity contribution is -0.117. The van der Waals surface area contributed by atoms with Crippen molar-refractivity contribution in [3.05, 3.63) is 58.5 Å². The first-order valence-corrected chi connectivity index (χ1v) is 10.7. The van der Waals surface area contributed by atoms with Gasteiger partial charge in [0.05, 0.1) is 17.6 Å². The van der Waals surface area contributed by atoms with Crippen molar-refractivity contribution in [2.45, 2.75) is 38.5 Å². The first-order valence-electron chi connectivity index (χ1n) is 9.46. The van der Waals surface area contributed by atoms with E-state index in [4.69, 9.17) is 15.2 Å². The van der Waals surface area contributed by atoms with Crippen LogP contribution in [0, 0.1) is 20.8 Å². The van der Waals surface area contributed by atoms with Gasteiger partial charge in [0, 0.05) is 22.3 Å². The largest absolute Gasteiger partial charge is 0.369 e. The summed E-state index contributed by atoms with van der Waals surface area (Å²) in [5.41, 5.74) is 9.07. The summed E-state index contributed by atoms with van der Waals surface area (Å²) in [4.78, 5) is 22.0. The van der Waals surface area contributed by atoms with Gasteiger partial charge in [0.15, 0.2) is 11.6 Å². The first kappa shape index (κ1) is 20.1. The third-order valence-corrected chi connectivity index (χ3v) is 5.72. The SMILES string of the molecule is CSc1ccc2c(C)cc(-n3nc(CC(N)=O)nc3Cc3c(C)noc3C)nc2c1. The number of carbonyl (C=O) groups is 1. The molecule has 154 valence electrons. The Hall–Kier alpha value is -3.20. The number of fused-ring (bicyclic) bond motifs is 1. The van der Waals surface area contributed by atoms with Gasteiger partial charge in [-0.2, -0.15) is 4.68 Å². The molecule has 1 amide bonds. The fourth-order valence-electron chi connectivity index (χ4n) is 3.43. The van der Waals surface area contributed by atoms with Crippen molar-refractivity contribution >= 4 is 28.6 Å². The van der Waals surface area contributed by atoms with Crippen LogP contribution in [0.4, 0.5) is 0 Å². The van der Waals surface area contributed by atoms with E-state index < -0.39 is 5.91 Å². The second kappa shape index (κ2) is 7.91. The number of benzene rings is 1. The van der Waals surface area contributed by atoms with E-state index in [-0.39, 0.29) is 6.42 Å². The first-order chi connectivity index (χ1) is 14.4. The molecular weight excluding hydrogens is 400 g/mol. The number of pyridine rings is 1. The summed E-state index contributed by atoms with van der Waals surface area (Å²) in [7, 11) is 0. The van der Waals surface area contributed by atoms with E-state index in [1.54, 1.807) is 16.4 Å². The lowest BCUT2D eigenvalue weighted by Crippen LogP contribution is -2.14. The number of amides is 1. The molecule has 1 aromatic carbocycles. The van der Waals surface area contributed by atoms with Crippen molar-refractivity contribution in [3.8, 4) is 5.82 Å². The number of hydrogen-bond donors (Lipinski definition) is 1. The van der Waals surface area contributed by atoms with Crippen LogP contribution in [0.25, 0.3) is 16.7 Å². The Kier molecular flexibility index (Phi) is 5.29. The standard InChI is InChI=1S/C21H22N6O2S/c1-11-7-20(23-17-8-14(30-4)5-6-15(11)17)27-21(24-19(25-27)10-18(22)28)9-16-12(2)26-29-13(16)3/h5-8H,9-10H2,1-4H3,(H2,22,28). The lowest BCUT2D eigenvalue weighted by atomic mass is 10.1. The number of carbonyl (C=O) groups excluding carboxylic acids is 1. The fraction of sp³-hybridized carbons (Fsp3) is 0.286. The molecule has 0 aliphatic carbocycles. The van der Waals surface area contributed by atoms with Gasteiger partial charge in [-0.15, -0.1) is 16.9 Å². The Morgan fingerprint density at radius 1 is 1.20 bits per heavy atom. The Morgan fingerprint density at radius 2 is 2.00 bits per heavy atom. The molecule has 0 unspecified atom stereocenters. The second-order valence-electron chi connectivity index (χ2n) is 7.16. The highest BCUT2D eigenvalue weighted by Gasteiger charge is 2.19. The van der Waals surface area contributed by atoms with Crippen LogP contribution in [0.15, 0.2) is 33.7 Å². The molecule has 30 heavy (non-hydrogen) atoms. The minimum absolute atomic E-state index is 0.0369. The molecular formula is C21H22N6O2S. The Morgan fingerprint density at radius 3 is 2.67 bits per heavy atom. The molecule has 4 rings (SSSR count). The number of nitrogens with two attached hydrogens (primary N) is 1. The second-order valence-corrected chi connectivity index (χ2v) is 8.04. The molecule has 0 atom stereocenters. The van der Waals surface area contributed by atoms with E-state index in [1.165, 1.54) is 0 Å². The monoisotopic (exact) mass is 422 g/mol. The number of nitrogens with zero attached hydrogens (tertiary/aromatic N) is 5. The highest BCUT2D eigenvalue weighted by atomic mass is 32.2. The molecule has 0 aliphatic heterocycles. The zero-order valence-electron chi connectivity index (χ0n) is 17.3. The summed E-state index contributed by atoms with van der Waals surface area (Å²) in [5, 5.41) is 9.64. The average molecular weight is 423 g/mol. The molecule has 0 saturated carbocycles. The lowest BCUT2D eigenvalue weighted by Gasteiger charge is -2.09. The van der Waals surface area contributed by atoms with Crippen LogP contribution >= 0.6 is 11.8 Å². The third kappa shape index (κ3) is 3.80. The molecule has 3 aromatic heterocycles. The van der Waals surface area contributed by atoms with Crippen molar-refractivity contribution in [2.75, 3.05) is 6.26 Å². The average Bonchev–Trinajstić information content (AvgIpc) is 3.24. The van der Waals surface area contributed by atoms with Crippen molar-refractivity contribution in [1.82, 2.24) is 24.9 Å². The van der Waals surface area contributed by atoms with Gasteiger partial charge in [-0.25, -0.2) is 9.97 Å². The maximum Gasteiger partial charge on any atom is 0.225 e. The summed E-state index contributed by atoms with van der Waals surface area (Å²) in [6.07, 6.45) is 2.45. The highest BCUT2D eigenvalue weighted by Crippen LogP contribution is 2.26. The van der Waals surface area contributed by atoms with Crippen LogP contribution in [-0.2, 0) is 17.6 Å². The number of rotatable bonds is 6. The summed E-state index contributed by atoms with van der Waals surface area (Å²) >= 11 is 1.67. The van der Waals surface area contributed by atoms with Crippen LogP contribution in [0.1, 0.15) is 34.2 Å². The maximum atomic E-state index is 11.4. The van der Waals surface area contributed by atoms with E-state index in [2.05, 4.69) is 33.4 Å². The van der Waals surface area contributed by atoms with E-state index >= 15 is 0 Å². The van der Waals surface area contributed by atoms with Gasteiger partial charge in [0.1, 0.15) is 11.6 Å². The summed E-state index contributed by atoms with van der Waals surface area (Å²) in [5.74, 6) is 1.90. The van der Waals surface area contributed by atoms with Crippen molar-refractivity contribution in [3.63, 3.8) is 0 Å². The van der Waals surface area contributed by atoms with Gasteiger partial charge in [-0.3, -0.25) is 4.79 Å². The summed E-state index contributed by atoms with van der Waals surface area (Å²) < 4.78 is 6.97. The minimum Gasteiger partial charge on any atom is -0.369 e. The van der Waals surface area contributed by atoms with Crippen LogP contribution in [0.5, 0.6) is 0 Å². The van der Waals surface area contributed by atoms with Crippen molar-refractivity contribution in [1.29, 1.82) is 0 Å². The van der Waals surface area contributed by atoms with E-state index in [1.807, 2.05) is 33.1 Å². The van der Waals surface area contributed by atoms with Crippen LogP contribution < -0.4 is 5.73 Å². The number of primary amides is 1. The molecule has 8 nitrogen and oxygen atoms in total. The molecule has 0 radical (unpaired) electrons. The third-order valence-electron chi connectivity index (χ3n) is 4.99. The van der Waals surface area contributed by atoms with E-state index in [0.717, 1.165) is 38.4 Å². The smallest absolute Gasteiger partial charge is 0.225 e. The van der Waals surface area contributed by atoms with Gasteiger partial charge in [-0.05, 0) is 50.8 Å². The predicted octanol–water partition coefficient (Wildman–Crippen LogP) is 3.07. The van der Waals surface area contributed by atoms with Crippen molar-refractivity contribution in [2.24, 2.45) is 5.73 Å². The molecule has 9 heteroatoms. The zero-order valence-corrected chi connectivity index (χ0v) is 18.1. The van der Waals surface area contributed by atoms with Gasteiger partial charge in [0.2, 0.25) is 5.91 Å². The Bertz CT molecular complexity index is 1240. The number of aryl methyl sites for hydroxylation is 3. The minimum atomic E-state index is -0.483. The maximum absolute atomic E-state index is 11.4. The molecule has 0 spiro atoms. The van der Waals surface area contributed by atoms with Gasteiger partial charge < -0.3 is 10.3 Å². The van der Waals surface area contributed by atoms with Crippen LogP contribution in [0.3, 0.4) is 0 Å². The summed E-state index contributed by atoms with van der Waals surface area (Å²) in [6.45, 7) is 5.80. The molecule has 0 bridgehead atoms. The van der Waals surface area contributed by atoms with E-state index in [9.17, 15) is 4.79 Å².